The van der Waals surface area contributed by atoms with Crippen molar-refractivity contribution < 1.29 is 18.0 Å². The van der Waals surface area contributed by atoms with Gasteiger partial charge in [0.05, 0.1) is 12.8 Å². The summed E-state index contributed by atoms with van der Waals surface area (Å²) in [7, 11) is -3.19. The zero-order valence-electron chi connectivity index (χ0n) is 15.1. The monoisotopic (exact) mass is 382 g/mol. The number of nitrogens with zero attached hydrogens (tertiary/aromatic N) is 1. The van der Waals surface area contributed by atoms with E-state index in [1.807, 2.05) is 4.90 Å². The quantitative estimate of drug-likeness (QED) is 0.648. The summed E-state index contributed by atoms with van der Waals surface area (Å²) >= 11 is 0. The molecular weight excluding hydrogens is 356 g/mol. The van der Waals surface area contributed by atoms with Crippen molar-refractivity contribution in [2.45, 2.75) is 19.8 Å². The second-order valence-electron chi connectivity index (χ2n) is 6.67. The maximum atomic E-state index is 12.2. The van der Waals surface area contributed by atoms with E-state index in [1.54, 1.807) is 24.3 Å². The van der Waals surface area contributed by atoms with Crippen LogP contribution in [-0.2, 0) is 19.6 Å². The minimum absolute atomic E-state index is 0.117. The van der Waals surface area contributed by atoms with E-state index in [9.17, 15) is 18.0 Å². The van der Waals surface area contributed by atoms with Gasteiger partial charge in [0.25, 0.3) is 0 Å². The molecule has 2 amide bonds. The number of nitrogens with one attached hydrogen (secondary N) is 3. The molecule has 1 aromatic rings. The van der Waals surface area contributed by atoms with Crippen LogP contribution in [0.25, 0.3) is 0 Å². The first kappa shape index (κ1) is 20.3. The Labute approximate surface area is 154 Å². The molecule has 0 radical (unpaired) electrons. The molecule has 0 bridgehead atoms. The number of anilines is 2. The molecule has 1 saturated heterocycles. The molecule has 1 heterocycles. The lowest BCUT2D eigenvalue weighted by molar-refractivity contribution is -0.117. The Bertz CT molecular complexity index is 734. The molecule has 0 aliphatic carbocycles. The predicted octanol–water partition coefficient (Wildman–Crippen LogP) is 0.845. The Morgan fingerprint density at radius 1 is 1.15 bits per heavy atom. The van der Waals surface area contributed by atoms with E-state index in [1.165, 1.54) is 6.92 Å². The van der Waals surface area contributed by atoms with Gasteiger partial charge in [0.2, 0.25) is 21.8 Å². The summed E-state index contributed by atoms with van der Waals surface area (Å²) in [6, 6.07) is 6.92. The van der Waals surface area contributed by atoms with E-state index in [-0.39, 0.29) is 24.3 Å². The molecule has 1 aliphatic heterocycles. The molecule has 0 spiro atoms. The van der Waals surface area contributed by atoms with Crippen LogP contribution in [0.1, 0.15) is 19.8 Å². The van der Waals surface area contributed by atoms with Gasteiger partial charge in [0.15, 0.2) is 0 Å². The van der Waals surface area contributed by atoms with Gasteiger partial charge in [-0.15, -0.1) is 0 Å². The van der Waals surface area contributed by atoms with E-state index in [2.05, 4.69) is 15.4 Å². The molecule has 1 atom stereocenters. The van der Waals surface area contributed by atoms with Gasteiger partial charge in [-0.25, -0.2) is 13.1 Å². The second kappa shape index (κ2) is 9.11. The lowest BCUT2D eigenvalue weighted by Crippen LogP contribution is -2.43. The van der Waals surface area contributed by atoms with Crippen LogP contribution in [0.3, 0.4) is 0 Å². The SMILES string of the molecule is CC(=O)Nc1ccc(NC(=O)CN2CCCC(CNS(C)(=O)=O)C2)cc1. The topological polar surface area (TPSA) is 108 Å². The molecule has 0 saturated carbocycles. The maximum absolute atomic E-state index is 12.2. The third-order valence-corrected chi connectivity index (χ3v) is 4.78. The van der Waals surface area contributed by atoms with Crippen LogP contribution in [0.4, 0.5) is 11.4 Å². The summed E-state index contributed by atoms with van der Waals surface area (Å²) in [5.41, 5.74) is 1.34. The highest BCUT2D eigenvalue weighted by atomic mass is 32.2. The fraction of sp³-hybridized carbons (Fsp3) is 0.529. The molecule has 1 aliphatic rings. The first-order valence-corrected chi connectivity index (χ1v) is 10.4. The van der Waals surface area contributed by atoms with Gasteiger partial charge in [0, 0.05) is 31.4 Å². The van der Waals surface area contributed by atoms with Crippen molar-refractivity contribution >= 4 is 33.2 Å². The van der Waals surface area contributed by atoms with Crippen LogP contribution >= 0.6 is 0 Å². The van der Waals surface area contributed by atoms with E-state index in [0.717, 1.165) is 25.6 Å². The Morgan fingerprint density at radius 3 is 2.35 bits per heavy atom. The molecule has 1 aromatic carbocycles. The van der Waals surface area contributed by atoms with Crippen LogP contribution in [0.5, 0.6) is 0 Å². The van der Waals surface area contributed by atoms with E-state index in [4.69, 9.17) is 0 Å². The third kappa shape index (κ3) is 7.51. The van der Waals surface area contributed by atoms with E-state index in [0.29, 0.717) is 24.5 Å². The number of carbonyl (C=O) groups excluding carboxylic acids is 2. The van der Waals surface area contributed by atoms with Crippen LogP contribution in [0, 0.1) is 5.92 Å². The molecular formula is C17H26N4O4S. The average Bonchev–Trinajstić information content (AvgIpc) is 2.54. The van der Waals surface area contributed by atoms with Crippen LogP contribution in [-0.4, -0.2) is 57.6 Å². The maximum Gasteiger partial charge on any atom is 0.238 e. The minimum Gasteiger partial charge on any atom is -0.326 e. The Kier molecular flexibility index (Phi) is 7.13. The number of sulfonamides is 1. The number of hydrogen-bond acceptors (Lipinski definition) is 5. The second-order valence-corrected chi connectivity index (χ2v) is 8.50. The number of amides is 2. The van der Waals surface area contributed by atoms with Gasteiger partial charge >= 0.3 is 0 Å². The van der Waals surface area contributed by atoms with Crippen LogP contribution < -0.4 is 15.4 Å². The van der Waals surface area contributed by atoms with Gasteiger partial charge in [-0.05, 0) is 49.6 Å². The van der Waals surface area contributed by atoms with Crippen LogP contribution in [0.15, 0.2) is 24.3 Å². The fourth-order valence-electron chi connectivity index (χ4n) is 2.97. The number of rotatable bonds is 7. The predicted molar refractivity (Wildman–Crippen MR) is 101 cm³/mol. The number of benzene rings is 1. The van der Waals surface area contributed by atoms with Crippen molar-refractivity contribution in [1.29, 1.82) is 0 Å². The van der Waals surface area contributed by atoms with Crippen molar-refractivity contribution in [2.24, 2.45) is 5.92 Å². The van der Waals surface area contributed by atoms with Crippen molar-refractivity contribution in [2.75, 3.05) is 43.1 Å². The van der Waals surface area contributed by atoms with Crippen molar-refractivity contribution in [3.05, 3.63) is 24.3 Å². The highest BCUT2D eigenvalue weighted by Crippen LogP contribution is 2.17. The molecule has 1 unspecified atom stereocenters. The largest absolute Gasteiger partial charge is 0.326 e. The molecule has 2 rings (SSSR count). The summed E-state index contributed by atoms with van der Waals surface area (Å²) < 4.78 is 25.0. The normalized spacial score (nSPS) is 18.3. The fourth-order valence-corrected chi connectivity index (χ4v) is 3.51. The molecule has 1 fully saturated rings. The molecule has 9 heteroatoms. The highest BCUT2D eigenvalue weighted by Gasteiger charge is 2.22. The van der Waals surface area contributed by atoms with E-state index < -0.39 is 10.0 Å². The van der Waals surface area contributed by atoms with Gasteiger partial charge in [-0.3, -0.25) is 14.5 Å². The van der Waals surface area contributed by atoms with Gasteiger partial charge in [0.1, 0.15) is 0 Å². The Morgan fingerprint density at radius 2 is 1.77 bits per heavy atom. The third-order valence-electron chi connectivity index (χ3n) is 4.09. The first-order valence-electron chi connectivity index (χ1n) is 8.56. The summed E-state index contributed by atoms with van der Waals surface area (Å²) in [4.78, 5) is 25.3. The smallest absolute Gasteiger partial charge is 0.238 e. The van der Waals surface area contributed by atoms with Gasteiger partial charge in [-0.2, -0.15) is 0 Å². The molecule has 26 heavy (non-hydrogen) atoms. The summed E-state index contributed by atoms with van der Waals surface area (Å²) in [5.74, 6) is -0.0518. The lowest BCUT2D eigenvalue weighted by atomic mass is 9.98. The molecule has 8 nitrogen and oxygen atoms in total. The summed E-state index contributed by atoms with van der Waals surface area (Å²) in [6.45, 7) is 3.62. The standard InChI is InChI=1S/C17H26N4O4S/c1-13(22)19-15-5-7-16(8-6-15)20-17(23)12-21-9-3-4-14(11-21)10-18-26(2,24)25/h5-8,14,18H,3-4,9-12H2,1-2H3,(H,19,22)(H,20,23). The minimum atomic E-state index is -3.19. The van der Waals surface area contributed by atoms with Crippen molar-refractivity contribution in [3.8, 4) is 0 Å². The van der Waals surface area contributed by atoms with Crippen molar-refractivity contribution in [1.82, 2.24) is 9.62 Å². The molecule has 0 aromatic heterocycles. The Hall–Kier alpha value is -1.97. The number of piperidine rings is 1. The molecule has 144 valence electrons. The van der Waals surface area contributed by atoms with Crippen LogP contribution in [0.2, 0.25) is 0 Å². The van der Waals surface area contributed by atoms with Gasteiger partial charge in [-0.1, -0.05) is 0 Å². The summed E-state index contributed by atoms with van der Waals surface area (Å²) in [5, 5.41) is 5.51. The number of carbonyl (C=O) groups is 2. The zero-order valence-corrected chi connectivity index (χ0v) is 15.9. The van der Waals surface area contributed by atoms with Crippen molar-refractivity contribution in [3.63, 3.8) is 0 Å². The lowest BCUT2D eigenvalue weighted by Gasteiger charge is -2.32. The first-order chi connectivity index (χ1) is 12.2. The number of likely N-dealkylation sites (tertiary alicyclic amines) is 1. The molecule has 3 N–H and O–H groups in total. The summed E-state index contributed by atoms with van der Waals surface area (Å²) in [6.07, 6.45) is 3.04. The zero-order chi connectivity index (χ0) is 19.2. The highest BCUT2D eigenvalue weighted by molar-refractivity contribution is 7.88. The Balaban J connectivity index is 1.80. The van der Waals surface area contributed by atoms with E-state index >= 15 is 0 Å². The average molecular weight is 382 g/mol. The van der Waals surface area contributed by atoms with Gasteiger partial charge < -0.3 is 10.6 Å². The number of hydrogen-bond donors (Lipinski definition) is 3.